The zero-order valence-electron chi connectivity index (χ0n) is 3.66. The third-order valence-electron chi connectivity index (χ3n) is 0.146. The molecule has 0 aromatic heterocycles. The monoisotopic (exact) mass is 133 g/mol. The van der Waals surface area contributed by atoms with Crippen molar-refractivity contribution >= 4 is 6.98 Å². The third-order valence-corrected chi connectivity index (χ3v) is 0.146. The first kappa shape index (κ1) is 10.9. The van der Waals surface area contributed by atoms with Gasteiger partial charge in [-0.1, -0.05) is 0 Å². The van der Waals surface area contributed by atoms with E-state index in [1.165, 1.54) is 0 Å². The molecule has 0 radical (unpaired) electrons. The second kappa shape index (κ2) is 3.92. The summed E-state index contributed by atoms with van der Waals surface area (Å²) in [6.45, 7) is -5.18. The number of rotatable bonds is 0. The molecule has 0 heterocycles. The average molecular weight is 133 g/mol. The third kappa shape index (κ3) is 10.9. The SMILES string of the molecule is N#C[B-](F)(F)F.[K+]. The Morgan fingerprint density at radius 2 is 1.43 bits per heavy atom. The topological polar surface area (TPSA) is 23.8 Å². The van der Waals surface area contributed by atoms with E-state index >= 15 is 0 Å². The van der Waals surface area contributed by atoms with Crippen molar-refractivity contribution in [2.24, 2.45) is 0 Å². The zero-order chi connectivity index (χ0) is 5.21. The zero-order valence-corrected chi connectivity index (χ0v) is 6.78. The van der Waals surface area contributed by atoms with E-state index in [0.717, 1.165) is 0 Å². The largest absolute Gasteiger partial charge is 1.00 e. The van der Waals surface area contributed by atoms with Crippen molar-refractivity contribution < 1.29 is 64.3 Å². The van der Waals surface area contributed by atoms with E-state index in [0.29, 0.717) is 0 Å². The van der Waals surface area contributed by atoms with E-state index in [9.17, 15) is 12.9 Å². The molecule has 0 atom stereocenters. The molecule has 0 aromatic rings. The van der Waals surface area contributed by atoms with Crippen LogP contribution in [-0.4, -0.2) is 6.98 Å². The fourth-order valence-electron chi connectivity index (χ4n) is 0. The minimum atomic E-state index is -5.18. The van der Waals surface area contributed by atoms with Crippen molar-refractivity contribution in [3.8, 4) is 5.97 Å². The van der Waals surface area contributed by atoms with Gasteiger partial charge in [0.05, 0.1) is 0 Å². The predicted octanol–water partition coefficient (Wildman–Crippen LogP) is -2.10. The summed E-state index contributed by atoms with van der Waals surface area (Å²) < 4.78 is 31.5. The molecule has 0 saturated heterocycles. The molecule has 0 rings (SSSR count). The fraction of sp³-hybridized carbons (Fsp3) is 0. The van der Waals surface area contributed by atoms with Crippen LogP contribution in [0.5, 0.6) is 0 Å². The molecule has 7 heavy (non-hydrogen) atoms. The summed E-state index contributed by atoms with van der Waals surface area (Å²) in [5, 5.41) is 7.06. The van der Waals surface area contributed by atoms with Gasteiger partial charge in [0.25, 0.3) is 0 Å². The molecule has 1 nitrogen and oxygen atoms in total. The summed E-state index contributed by atoms with van der Waals surface area (Å²) in [4.78, 5) is 0. The number of hydrogen-bond acceptors (Lipinski definition) is 1. The van der Waals surface area contributed by atoms with Crippen molar-refractivity contribution in [3.63, 3.8) is 0 Å². The summed E-state index contributed by atoms with van der Waals surface area (Å²) in [5.74, 6) is 0.167. The van der Waals surface area contributed by atoms with E-state index in [1.807, 2.05) is 0 Å². The first-order chi connectivity index (χ1) is 2.56. The van der Waals surface area contributed by atoms with Crippen LogP contribution in [0.15, 0.2) is 0 Å². The molecule has 0 saturated carbocycles. The van der Waals surface area contributed by atoms with Gasteiger partial charge in [-0.25, -0.2) is 5.26 Å². The molecule has 0 amide bonds. The first-order valence-corrected chi connectivity index (χ1v) is 1.17. The van der Waals surface area contributed by atoms with Crippen LogP contribution in [0.25, 0.3) is 0 Å². The molecule has 6 heteroatoms. The van der Waals surface area contributed by atoms with Crippen LogP contribution < -0.4 is 51.4 Å². The molecule has 0 aliphatic carbocycles. The normalized spacial score (nSPS) is 8.86. The number of nitrogens with zero attached hydrogens (tertiary/aromatic N) is 1. The molecule has 0 bridgehead atoms. The predicted molar refractivity (Wildman–Crippen MR) is 14.7 cm³/mol. The van der Waals surface area contributed by atoms with Gasteiger partial charge in [-0.05, 0) is 5.97 Å². The van der Waals surface area contributed by atoms with Crippen LogP contribution in [0.3, 0.4) is 0 Å². The Kier molecular flexibility index (Phi) is 6.09. The number of nitriles is 1. The van der Waals surface area contributed by atoms with Crippen LogP contribution in [0.4, 0.5) is 12.9 Å². The molecule has 0 fully saturated rings. The van der Waals surface area contributed by atoms with Crippen molar-refractivity contribution in [1.29, 1.82) is 5.26 Å². The van der Waals surface area contributed by atoms with Gasteiger partial charge in [-0.15, -0.1) is 0 Å². The summed E-state index contributed by atoms with van der Waals surface area (Å²) in [5.41, 5.74) is 0. The molecular weight excluding hydrogens is 133 g/mol. The average Bonchev–Trinajstić information content (AvgIpc) is 1.35. The smallest absolute Gasteiger partial charge is 0.436 e. The summed E-state index contributed by atoms with van der Waals surface area (Å²) in [7, 11) is 0. The molecule has 0 aromatic carbocycles. The Morgan fingerprint density at radius 1 is 1.29 bits per heavy atom. The van der Waals surface area contributed by atoms with Gasteiger partial charge in [0.15, 0.2) is 0 Å². The Morgan fingerprint density at radius 3 is 1.43 bits per heavy atom. The van der Waals surface area contributed by atoms with Crippen molar-refractivity contribution in [3.05, 3.63) is 0 Å². The molecular formula is CBF3KN. The molecule has 0 aliphatic heterocycles. The standard InChI is InChI=1S/CBF3N.K/c3-2(4,5)1-6;/q-1;+1. The van der Waals surface area contributed by atoms with Gasteiger partial charge >= 0.3 is 58.4 Å². The Balaban J connectivity index is 0. The minimum absolute atomic E-state index is 0. The minimum Gasteiger partial charge on any atom is -0.436 e. The van der Waals surface area contributed by atoms with E-state index in [2.05, 4.69) is 0 Å². The molecule has 0 spiro atoms. The van der Waals surface area contributed by atoms with Gasteiger partial charge in [-0.2, -0.15) is 0 Å². The summed E-state index contributed by atoms with van der Waals surface area (Å²) in [6, 6.07) is 0. The van der Waals surface area contributed by atoms with Gasteiger partial charge in [0.2, 0.25) is 0 Å². The Labute approximate surface area is 81.4 Å². The van der Waals surface area contributed by atoms with Crippen molar-refractivity contribution in [2.75, 3.05) is 0 Å². The van der Waals surface area contributed by atoms with E-state index in [4.69, 9.17) is 5.26 Å². The number of halogens is 3. The van der Waals surface area contributed by atoms with Crippen LogP contribution in [0.1, 0.15) is 0 Å². The molecule has 0 N–H and O–H groups in total. The van der Waals surface area contributed by atoms with E-state index in [-0.39, 0.29) is 57.4 Å². The molecule has 0 unspecified atom stereocenters. The Bertz CT molecular complexity index is 81.9. The first-order valence-electron chi connectivity index (χ1n) is 1.17. The Hall–Kier alpha value is 0.981. The van der Waals surface area contributed by atoms with E-state index < -0.39 is 6.98 Å². The van der Waals surface area contributed by atoms with Gasteiger partial charge in [-0.3, -0.25) is 0 Å². The van der Waals surface area contributed by atoms with Crippen LogP contribution in [0, 0.1) is 11.2 Å². The second-order valence-corrected chi connectivity index (χ2v) is 0.704. The van der Waals surface area contributed by atoms with Crippen LogP contribution in [-0.2, 0) is 0 Å². The van der Waals surface area contributed by atoms with Crippen molar-refractivity contribution in [2.45, 2.75) is 0 Å². The maximum atomic E-state index is 10.5. The summed E-state index contributed by atoms with van der Waals surface area (Å²) in [6.07, 6.45) is 0. The molecule has 0 aliphatic rings. The van der Waals surface area contributed by atoms with Gasteiger partial charge < -0.3 is 12.9 Å². The summed E-state index contributed by atoms with van der Waals surface area (Å²) >= 11 is 0. The molecule has 34 valence electrons. The number of hydrogen-bond donors (Lipinski definition) is 0. The second-order valence-electron chi connectivity index (χ2n) is 0.704. The maximum Gasteiger partial charge on any atom is 1.00 e. The quantitative estimate of drug-likeness (QED) is 0.347. The van der Waals surface area contributed by atoms with Crippen molar-refractivity contribution in [1.82, 2.24) is 0 Å². The van der Waals surface area contributed by atoms with E-state index in [1.54, 1.807) is 0 Å². The van der Waals surface area contributed by atoms with Crippen LogP contribution in [0.2, 0.25) is 0 Å². The van der Waals surface area contributed by atoms with Gasteiger partial charge in [0, 0.05) is 0 Å². The van der Waals surface area contributed by atoms with Crippen LogP contribution >= 0.6 is 0 Å². The fourth-order valence-corrected chi connectivity index (χ4v) is 0. The van der Waals surface area contributed by atoms with Gasteiger partial charge in [0.1, 0.15) is 0 Å². The maximum absolute atomic E-state index is 10.5.